The zero-order valence-corrected chi connectivity index (χ0v) is 20.5. The Labute approximate surface area is 185 Å². The van der Waals surface area contributed by atoms with Gasteiger partial charge >= 0.3 is 0 Å². The van der Waals surface area contributed by atoms with Gasteiger partial charge in [0.05, 0.1) is 6.10 Å². The first-order valence-electron chi connectivity index (χ1n) is 11.8. The summed E-state index contributed by atoms with van der Waals surface area (Å²) in [6.45, 7) is 15.7. The van der Waals surface area contributed by atoms with Gasteiger partial charge in [-0.05, 0) is 82.1 Å². The van der Waals surface area contributed by atoms with E-state index < -0.39 is 0 Å². The first kappa shape index (κ1) is 28.5. The molecular formula is C27H46O3. The second kappa shape index (κ2) is 16.2. The van der Waals surface area contributed by atoms with Crippen molar-refractivity contribution in [3.63, 3.8) is 0 Å². The van der Waals surface area contributed by atoms with Gasteiger partial charge in [0.1, 0.15) is 0 Å². The Hall–Kier alpha value is -1.48. The molecule has 1 unspecified atom stereocenters. The lowest BCUT2D eigenvalue weighted by atomic mass is 9.90. The molecule has 1 aliphatic carbocycles. The van der Waals surface area contributed by atoms with Gasteiger partial charge < -0.3 is 5.11 Å². The van der Waals surface area contributed by atoms with E-state index in [0.717, 1.165) is 24.7 Å². The highest BCUT2D eigenvalue weighted by Crippen LogP contribution is 2.22. The molecule has 3 nitrogen and oxygen atoms in total. The van der Waals surface area contributed by atoms with E-state index in [0.29, 0.717) is 5.92 Å². The summed E-state index contributed by atoms with van der Waals surface area (Å²) in [6.07, 6.45) is 14.7. The molecular weight excluding hydrogens is 372 g/mol. The topological polar surface area (TPSA) is 54.4 Å². The lowest BCUT2D eigenvalue weighted by molar-refractivity contribution is -0.113. The molecule has 0 aromatic rings. The molecule has 3 atom stereocenters. The molecule has 0 spiro atoms. The fourth-order valence-corrected chi connectivity index (χ4v) is 3.34. The summed E-state index contributed by atoms with van der Waals surface area (Å²) in [5.74, 6) is 1.88. The van der Waals surface area contributed by atoms with E-state index in [1.165, 1.54) is 74.0 Å². The first-order chi connectivity index (χ1) is 14.0. The van der Waals surface area contributed by atoms with Crippen LogP contribution in [0.4, 0.5) is 0 Å². The minimum absolute atomic E-state index is 0.121. The molecule has 0 saturated carbocycles. The highest BCUT2D eigenvalue weighted by atomic mass is 16.3. The van der Waals surface area contributed by atoms with Crippen molar-refractivity contribution in [2.45, 2.75) is 106 Å². The number of allylic oxidation sites excluding steroid dienone is 6. The minimum Gasteiger partial charge on any atom is -0.393 e. The fourth-order valence-electron chi connectivity index (χ4n) is 3.34. The summed E-state index contributed by atoms with van der Waals surface area (Å²) < 4.78 is 0. The Morgan fingerprint density at radius 3 is 1.67 bits per heavy atom. The third kappa shape index (κ3) is 15.4. The van der Waals surface area contributed by atoms with Gasteiger partial charge in [-0.25, -0.2) is 0 Å². The third-order valence-corrected chi connectivity index (χ3v) is 5.98. The summed E-state index contributed by atoms with van der Waals surface area (Å²) >= 11 is 0. The Morgan fingerprint density at radius 1 is 0.767 bits per heavy atom. The van der Waals surface area contributed by atoms with Crippen LogP contribution in [0.15, 0.2) is 35.5 Å². The molecule has 0 aliphatic heterocycles. The average Bonchev–Trinajstić information content (AvgIpc) is 2.68. The van der Waals surface area contributed by atoms with Gasteiger partial charge in [0, 0.05) is 0 Å². The maximum absolute atomic E-state index is 10.3. The predicted octanol–water partition coefficient (Wildman–Crippen LogP) is 7.00. The molecule has 0 aromatic carbocycles. The lowest BCUT2D eigenvalue weighted by Crippen LogP contribution is -2.18. The molecule has 172 valence electrons. The predicted molar refractivity (Wildman–Crippen MR) is 128 cm³/mol. The van der Waals surface area contributed by atoms with E-state index in [2.05, 4.69) is 48.5 Å². The van der Waals surface area contributed by atoms with Crippen molar-refractivity contribution >= 4 is 11.6 Å². The molecule has 0 aromatic heterocycles. The Balaban J connectivity index is 0.000000867. The molecule has 0 radical (unpaired) electrons. The molecule has 0 heterocycles. The number of hydrogen-bond acceptors (Lipinski definition) is 3. The van der Waals surface area contributed by atoms with Crippen LogP contribution in [0.3, 0.4) is 0 Å². The minimum atomic E-state index is -0.134. The fraction of sp³-hybridized carbons (Fsp3) is 0.704. The van der Waals surface area contributed by atoms with Crippen LogP contribution < -0.4 is 0 Å². The molecule has 1 aliphatic rings. The van der Waals surface area contributed by atoms with Crippen molar-refractivity contribution in [3.8, 4) is 0 Å². The largest absolute Gasteiger partial charge is 0.393 e. The van der Waals surface area contributed by atoms with Crippen LogP contribution in [-0.2, 0) is 9.59 Å². The molecule has 0 bridgehead atoms. The monoisotopic (exact) mass is 418 g/mol. The van der Waals surface area contributed by atoms with E-state index in [1.54, 1.807) is 0 Å². The number of aliphatic hydroxyl groups excluding tert-OH is 1. The van der Waals surface area contributed by atoms with Crippen LogP contribution in [0.25, 0.3) is 0 Å². The van der Waals surface area contributed by atoms with Crippen LogP contribution >= 0.6 is 0 Å². The van der Waals surface area contributed by atoms with Gasteiger partial charge in [-0.1, -0.05) is 70.9 Å². The quantitative estimate of drug-likeness (QED) is 0.274. The second-order valence-electron chi connectivity index (χ2n) is 9.70. The van der Waals surface area contributed by atoms with Crippen LogP contribution in [-0.4, -0.2) is 22.8 Å². The number of aliphatic hydroxyl groups is 1. The number of hydrogen-bond donors (Lipinski definition) is 1. The van der Waals surface area contributed by atoms with E-state index in [-0.39, 0.29) is 17.7 Å². The number of carbonyl (C=O) groups excluding carboxylic acids is 2. The summed E-state index contributed by atoms with van der Waals surface area (Å²) in [5.41, 5.74) is 2.83. The van der Waals surface area contributed by atoms with Gasteiger partial charge in [-0.3, -0.25) is 9.59 Å². The van der Waals surface area contributed by atoms with Gasteiger partial charge in [0.15, 0.2) is 11.6 Å². The Morgan fingerprint density at radius 2 is 1.23 bits per heavy atom. The molecule has 30 heavy (non-hydrogen) atoms. The lowest BCUT2D eigenvalue weighted by Gasteiger charge is -2.20. The van der Waals surface area contributed by atoms with Gasteiger partial charge in [0.25, 0.3) is 0 Å². The van der Waals surface area contributed by atoms with Crippen molar-refractivity contribution in [3.05, 3.63) is 35.5 Å². The maximum Gasteiger partial charge on any atom is 0.178 e. The number of ketones is 2. The summed E-state index contributed by atoms with van der Waals surface area (Å²) in [7, 11) is 0. The number of carbonyl (C=O) groups is 2. The molecule has 1 rings (SSSR count). The molecule has 0 amide bonds. The van der Waals surface area contributed by atoms with Crippen molar-refractivity contribution < 1.29 is 14.7 Å². The second-order valence-corrected chi connectivity index (χ2v) is 9.70. The normalized spacial score (nSPS) is 16.2. The van der Waals surface area contributed by atoms with Crippen LogP contribution in [0, 0.1) is 17.8 Å². The highest BCUT2D eigenvalue weighted by Gasteiger charge is 2.14. The maximum atomic E-state index is 10.3. The van der Waals surface area contributed by atoms with E-state index in [4.69, 9.17) is 0 Å². The van der Waals surface area contributed by atoms with Gasteiger partial charge in [-0.15, -0.1) is 0 Å². The van der Waals surface area contributed by atoms with E-state index in [9.17, 15) is 14.7 Å². The zero-order chi connectivity index (χ0) is 23.1. The standard InChI is InChI=1S/C21H42O.C6H4O2/c1-16(2)10-8-11-18(5)12-9-13-20(7)21(22)15-14-19(6)17(3)4;7-5-1-2-6(8)4-3-5/h16,18,20-22H,8-15H2,1-7H3;1-4H/t18-,20-,21?;/m1./s1. The summed E-state index contributed by atoms with van der Waals surface area (Å²) in [5, 5.41) is 10.3. The molecule has 0 saturated heterocycles. The summed E-state index contributed by atoms with van der Waals surface area (Å²) in [6, 6.07) is 0. The molecule has 1 N–H and O–H groups in total. The third-order valence-electron chi connectivity index (χ3n) is 5.98. The van der Waals surface area contributed by atoms with Crippen LogP contribution in [0.5, 0.6) is 0 Å². The SMILES string of the molecule is CC(C)=C(C)CCC(O)[C@H](C)CCC[C@H](C)CCCC(C)C.O=C1C=CC(=O)C=C1. The van der Waals surface area contributed by atoms with Crippen molar-refractivity contribution in [2.24, 2.45) is 17.8 Å². The van der Waals surface area contributed by atoms with Crippen molar-refractivity contribution in [1.29, 1.82) is 0 Å². The Bertz CT molecular complexity index is 553. The van der Waals surface area contributed by atoms with Gasteiger partial charge in [-0.2, -0.15) is 0 Å². The van der Waals surface area contributed by atoms with Gasteiger partial charge in [0.2, 0.25) is 0 Å². The van der Waals surface area contributed by atoms with E-state index in [1.807, 2.05) is 0 Å². The average molecular weight is 419 g/mol. The van der Waals surface area contributed by atoms with Crippen molar-refractivity contribution in [1.82, 2.24) is 0 Å². The first-order valence-corrected chi connectivity index (χ1v) is 11.8. The summed E-state index contributed by atoms with van der Waals surface area (Å²) in [4.78, 5) is 20.6. The zero-order valence-electron chi connectivity index (χ0n) is 20.5. The number of rotatable bonds is 12. The van der Waals surface area contributed by atoms with Crippen LogP contribution in [0.1, 0.15) is 99.8 Å². The van der Waals surface area contributed by atoms with Crippen LogP contribution in [0.2, 0.25) is 0 Å². The smallest absolute Gasteiger partial charge is 0.178 e. The Kier molecular flexibility index (Phi) is 15.4. The molecule has 0 fully saturated rings. The van der Waals surface area contributed by atoms with E-state index >= 15 is 0 Å². The van der Waals surface area contributed by atoms with Crippen molar-refractivity contribution in [2.75, 3.05) is 0 Å². The molecule has 3 heteroatoms. The highest BCUT2D eigenvalue weighted by molar-refractivity contribution is 6.14.